The second kappa shape index (κ2) is 10.5. The molecule has 9 heteroatoms. The Bertz CT molecular complexity index is 1180. The van der Waals surface area contributed by atoms with Crippen LogP contribution in [0.3, 0.4) is 0 Å². The molecule has 4 rings (SSSR count). The molecule has 2 atom stereocenters. The van der Waals surface area contributed by atoms with Crippen LogP contribution in [0.5, 0.6) is 0 Å². The molecule has 4 N–H and O–H groups in total. The molecular weight excluding hydrogens is 459 g/mol. The molecule has 0 unspecified atom stereocenters. The molecule has 7 nitrogen and oxygen atoms in total. The third kappa shape index (κ3) is 5.35. The molecule has 1 aliphatic heterocycles. The molecule has 178 valence electrons. The van der Waals surface area contributed by atoms with E-state index in [2.05, 4.69) is 15.3 Å². The number of carbonyl (C=O) groups excluding carboxylic acids is 1. The van der Waals surface area contributed by atoms with Crippen molar-refractivity contribution in [2.24, 2.45) is 0 Å². The van der Waals surface area contributed by atoms with Gasteiger partial charge in [0.15, 0.2) is 0 Å². The van der Waals surface area contributed by atoms with Crippen LogP contribution in [0, 0.1) is 5.82 Å². The summed E-state index contributed by atoms with van der Waals surface area (Å²) in [6, 6.07) is 10.2. The molecule has 2 aromatic carbocycles. The van der Waals surface area contributed by atoms with Crippen LogP contribution in [0.4, 0.5) is 10.2 Å². The lowest BCUT2D eigenvalue weighted by Crippen LogP contribution is -2.35. The topological polar surface area (TPSA) is 110 Å². The van der Waals surface area contributed by atoms with Gasteiger partial charge in [-0.05, 0) is 49.6 Å². The average Bonchev–Trinajstić information content (AvgIpc) is 2.83. The van der Waals surface area contributed by atoms with Crippen molar-refractivity contribution in [2.45, 2.75) is 37.8 Å². The SMILES string of the molecule is C[C@@H](O)[C@@H](NC(=O)c1ccc(-c2nc(C3CCOCC3)cnc2N)cc1F)c1cccc(Cl)c1. The highest BCUT2D eigenvalue weighted by atomic mass is 35.5. The van der Waals surface area contributed by atoms with Gasteiger partial charge in [0, 0.05) is 29.7 Å². The maximum atomic E-state index is 15.0. The van der Waals surface area contributed by atoms with E-state index in [-0.39, 0.29) is 17.3 Å². The number of rotatable bonds is 6. The van der Waals surface area contributed by atoms with E-state index in [0.717, 1.165) is 18.5 Å². The summed E-state index contributed by atoms with van der Waals surface area (Å²) in [5.74, 6) is -1.00. The highest BCUT2D eigenvalue weighted by Crippen LogP contribution is 2.30. The Morgan fingerprint density at radius 1 is 1.26 bits per heavy atom. The van der Waals surface area contributed by atoms with E-state index in [0.29, 0.717) is 35.1 Å². The Hall–Kier alpha value is -3.07. The van der Waals surface area contributed by atoms with E-state index in [9.17, 15) is 9.90 Å². The summed E-state index contributed by atoms with van der Waals surface area (Å²) >= 11 is 6.04. The number of hydrogen-bond donors (Lipinski definition) is 3. The first-order valence-electron chi connectivity index (χ1n) is 11.1. The third-order valence-corrected chi connectivity index (χ3v) is 6.16. The number of carbonyl (C=O) groups is 1. The van der Waals surface area contributed by atoms with Crippen molar-refractivity contribution < 1.29 is 19.0 Å². The number of ether oxygens (including phenoxy) is 1. The molecule has 2 heterocycles. The number of aromatic nitrogens is 2. The number of hydrogen-bond acceptors (Lipinski definition) is 6. The van der Waals surface area contributed by atoms with Crippen LogP contribution in [0.25, 0.3) is 11.3 Å². The second-order valence-electron chi connectivity index (χ2n) is 8.36. The van der Waals surface area contributed by atoms with Crippen molar-refractivity contribution in [3.8, 4) is 11.3 Å². The van der Waals surface area contributed by atoms with Crippen LogP contribution in [0.1, 0.15) is 53.3 Å². The number of benzene rings is 2. The van der Waals surface area contributed by atoms with E-state index in [1.165, 1.54) is 19.1 Å². The molecule has 1 amide bonds. The fourth-order valence-corrected chi connectivity index (χ4v) is 4.26. The molecule has 0 spiro atoms. The van der Waals surface area contributed by atoms with Crippen LogP contribution in [-0.4, -0.2) is 40.3 Å². The van der Waals surface area contributed by atoms with Gasteiger partial charge in [-0.25, -0.2) is 14.4 Å². The van der Waals surface area contributed by atoms with Gasteiger partial charge in [0.1, 0.15) is 17.3 Å². The first-order chi connectivity index (χ1) is 16.3. The van der Waals surface area contributed by atoms with Gasteiger partial charge in [0.2, 0.25) is 0 Å². The van der Waals surface area contributed by atoms with Crippen LogP contribution in [0.15, 0.2) is 48.7 Å². The minimum absolute atomic E-state index is 0.163. The number of nitrogens with zero attached hydrogens (tertiary/aromatic N) is 2. The van der Waals surface area contributed by atoms with Gasteiger partial charge in [0.25, 0.3) is 5.91 Å². The van der Waals surface area contributed by atoms with E-state index >= 15 is 4.39 Å². The monoisotopic (exact) mass is 484 g/mol. The molecular formula is C25H26ClFN4O3. The Morgan fingerprint density at radius 3 is 2.71 bits per heavy atom. The molecule has 0 bridgehead atoms. The normalized spacial score (nSPS) is 16.1. The lowest BCUT2D eigenvalue weighted by atomic mass is 9.96. The number of anilines is 1. The number of halogens is 2. The molecule has 3 aromatic rings. The summed E-state index contributed by atoms with van der Waals surface area (Å²) in [6.07, 6.45) is 2.40. The van der Waals surface area contributed by atoms with Crippen LogP contribution in [0.2, 0.25) is 5.02 Å². The van der Waals surface area contributed by atoms with Gasteiger partial charge in [-0.15, -0.1) is 0 Å². The van der Waals surface area contributed by atoms with Gasteiger partial charge in [-0.2, -0.15) is 0 Å². The summed E-state index contributed by atoms with van der Waals surface area (Å²) in [6.45, 7) is 2.86. The van der Waals surface area contributed by atoms with Gasteiger partial charge in [-0.3, -0.25) is 4.79 Å². The van der Waals surface area contributed by atoms with E-state index in [1.807, 2.05) is 0 Å². The number of nitrogens with one attached hydrogen (secondary N) is 1. The van der Waals surface area contributed by atoms with Crippen molar-refractivity contribution in [1.82, 2.24) is 15.3 Å². The molecule has 34 heavy (non-hydrogen) atoms. The minimum atomic E-state index is -0.923. The molecule has 0 aliphatic carbocycles. The Balaban J connectivity index is 1.58. The molecule has 1 fully saturated rings. The zero-order valence-corrected chi connectivity index (χ0v) is 19.4. The zero-order valence-electron chi connectivity index (χ0n) is 18.7. The summed E-state index contributed by atoms with van der Waals surface area (Å²) in [5, 5.41) is 13.3. The summed E-state index contributed by atoms with van der Waals surface area (Å²) in [5.41, 5.74) is 8.07. The number of nitrogens with two attached hydrogens (primary N) is 1. The number of amides is 1. The van der Waals surface area contributed by atoms with Gasteiger partial charge < -0.3 is 20.9 Å². The van der Waals surface area contributed by atoms with Crippen molar-refractivity contribution >= 4 is 23.3 Å². The van der Waals surface area contributed by atoms with Crippen LogP contribution >= 0.6 is 11.6 Å². The first kappa shape index (κ1) is 24.1. The summed E-state index contributed by atoms with van der Waals surface area (Å²) in [4.78, 5) is 21.8. The quantitative estimate of drug-likeness (QED) is 0.482. The molecule has 0 radical (unpaired) electrons. The van der Waals surface area contributed by atoms with E-state index in [1.54, 1.807) is 36.5 Å². The molecule has 1 aliphatic rings. The zero-order chi connectivity index (χ0) is 24.2. The molecule has 0 saturated carbocycles. The van der Waals surface area contributed by atoms with Crippen molar-refractivity contribution in [2.75, 3.05) is 18.9 Å². The maximum absolute atomic E-state index is 15.0. The fourth-order valence-electron chi connectivity index (χ4n) is 4.06. The van der Waals surface area contributed by atoms with Crippen LogP contribution < -0.4 is 11.1 Å². The molecule has 1 saturated heterocycles. The highest BCUT2D eigenvalue weighted by molar-refractivity contribution is 6.30. The minimum Gasteiger partial charge on any atom is -0.391 e. The lowest BCUT2D eigenvalue weighted by molar-refractivity contribution is 0.0844. The first-order valence-corrected chi connectivity index (χ1v) is 11.5. The predicted molar refractivity (Wildman–Crippen MR) is 128 cm³/mol. The van der Waals surface area contributed by atoms with Gasteiger partial charge >= 0.3 is 0 Å². The average molecular weight is 485 g/mol. The summed E-state index contributed by atoms with van der Waals surface area (Å²) < 4.78 is 20.4. The van der Waals surface area contributed by atoms with Gasteiger partial charge in [0.05, 0.1) is 29.6 Å². The Morgan fingerprint density at radius 2 is 2.03 bits per heavy atom. The summed E-state index contributed by atoms with van der Waals surface area (Å²) in [7, 11) is 0. The largest absolute Gasteiger partial charge is 0.391 e. The number of nitrogen functional groups attached to an aromatic ring is 1. The molecule has 1 aromatic heterocycles. The number of aliphatic hydroxyl groups is 1. The van der Waals surface area contributed by atoms with Crippen LogP contribution in [-0.2, 0) is 4.74 Å². The van der Waals surface area contributed by atoms with E-state index in [4.69, 9.17) is 22.1 Å². The lowest BCUT2D eigenvalue weighted by Gasteiger charge is -2.22. The van der Waals surface area contributed by atoms with Crippen molar-refractivity contribution in [3.05, 3.63) is 76.3 Å². The van der Waals surface area contributed by atoms with Crippen molar-refractivity contribution in [3.63, 3.8) is 0 Å². The third-order valence-electron chi connectivity index (χ3n) is 5.92. The predicted octanol–water partition coefficient (Wildman–Crippen LogP) is 4.26. The van der Waals surface area contributed by atoms with E-state index < -0.39 is 23.9 Å². The second-order valence-corrected chi connectivity index (χ2v) is 8.79. The Labute approximate surface area is 202 Å². The maximum Gasteiger partial charge on any atom is 0.254 e. The smallest absolute Gasteiger partial charge is 0.254 e. The number of aliphatic hydroxyl groups excluding tert-OH is 1. The van der Waals surface area contributed by atoms with Crippen molar-refractivity contribution in [1.29, 1.82) is 0 Å². The standard InChI is InChI=1S/C25H26ClFN4O3/c1-14(32)22(16-3-2-4-18(26)11-16)31-25(33)19-6-5-17(12-20(19)27)23-24(28)29-13-21(30-23)15-7-9-34-10-8-15/h2-6,11-15,22,32H,7-10H2,1H3,(H2,28,29)(H,31,33)/t14-,22-/m1/s1. The highest BCUT2D eigenvalue weighted by Gasteiger charge is 2.24. The van der Waals surface area contributed by atoms with Gasteiger partial charge in [-0.1, -0.05) is 29.8 Å². The Kier molecular flexibility index (Phi) is 7.41. The fraction of sp³-hybridized carbons (Fsp3) is 0.320.